The fraction of sp³-hybridized carbons (Fsp3) is 0.923. The van der Waals surface area contributed by atoms with Gasteiger partial charge in [0.2, 0.25) is 5.91 Å². The third-order valence-corrected chi connectivity index (χ3v) is 4.58. The maximum Gasteiger partial charge on any atom is 0.236 e. The predicted octanol–water partition coefficient (Wildman–Crippen LogP) is 0.811. The van der Waals surface area contributed by atoms with Gasteiger partial charge in [0.1, 0.15) is 0 Å². The van der Waals surface area contributed by atoms with Gasteiger partial charge in [0, 0.05) is 25.2 Å². The van der Waals surface area contributed by atoms with Gasteiger partial charge in [0.05, 0.1) is 6.54 Å². The number of carbonyl (C=O) groups is 1. The molecule has 0 heterocycles. The van der Waals surface area contributed by atoms with E-state index in [0.29, 0.717) is 19.1 Å². The number of nitrogens with two attached hydrogens (primary N) is 1. The quantitative estimate of drug-likeness (QED) is 0.772. The second kappa shape index (κ2) is 4.94. The lowest BCUT2D eigenvalue weighted by Gasteiger charge is -2.38. The molecule has 17 heavy (non-hydrogen) atoms. The Morgan fingerprint density at radius 3 is 2.35 bits per heavy atom. The molecule has 0 aromatic rings. The first-order valence-electron chi connectivity index (χ1n) is 6.76. The molecular weight excluding hydrogens is 214 g/mol. The summed E-state index contributed by atoms with van der Waals surface area (Å²) in [4.78, 5) is 16.2. The van der Waals surface area contributed by atoms with E-state index in [4.69, 9.17) is 5.73 Å². The zero-order valence-electron chi connectivity index (χ0n) is 11.1. The summed E-state index contributed by atoms with van der Waals surface area (Å²) in [5.41, 5.74) is 6.01. The summed E-state index contributed by atoms with van der Waals surface area (Å²) < 4.78 is 0. The van der Waals surface area contributed by atoms with Crippen molar-refractivity contribution in [2.75, 3.05) is 27.2 Å². The Hall–Kier alpha value is -0.610. The second-order valence-electron chi connectivity index (χ2n) is 5.73. The van der Waals surface area contributed by atoms with Crippen molar-refractivity contribution in [1.82, 2.24) is 9.80 Å². The first-order valence-corrected chi connectivity index (χ1v) is 6.76. The molecule has 0 bridgehead atoms. The SMILES string of the molecule is CN(C(=O)CN(C)C1(CN)CCCC1)C1CC1. The molecule has 2 fully saturated rings. The van der Waals surface area contributed by atoms with Crippen molar-refractivity contribution in [3.63, 3.8) is 0 Å². The molecule has 98 valence electrons. The largest absolute Gasteiger partial charge is 0.342 e. The molecule has 2 aliphatic rings. The summed E-state index contributed by atoms with van der Waals surface area (Å²) in [5.74, 6) is 0.245. The Morgan fingerprint density at radius 2 is 1.88 bits per heavy atom. The van der Waals surface area contributed by atoms with E-state index in [1.807, 2.05) is 11.9 Å². The van der Waals surface area contributed by atoms with Crippen molar-refractivity contribution in [1.29, 1.82) is 0 Å². The summed E-state index contributed by atoms with van der Waals surface area (Å²) in [7, 11) is 3.98. The zero-order chi connectivity index (χ0) is 12.5. The maximum atomic E-state index is 12.1. The van der Waals surface area contributed by atoms with Gasteiger partial charge >= 0.3 is 0 Å². The van der Waals surface area contributed by atoms with Gasteiger partial charge < -0.3 is 10.6 Å². The van der Waals surface area contributed by atoms with Gasteiger partial charge in [-0.15, -0.1) is 0 Å². The molecule has 0 aromatic carbocycles. The van der Waals surface area contributed by atoms with Crippen LogP contribution in [-0.2, 0) is 4.79 Å². The van der Waals surface area contributed by atoms with Crippen molar-refractivity contribution >= 4 is 5.91 Å². The molecule has 4 heteroatoms. The average Bonchev–Trinajstić information content (AvgIpc) is 3.05. The van der Waals surface area contributed by atoms with Crippen molar-refractivity contribution in [3.8, 4) is 0 Å². The normalized spacial score (nSPS) is 23.1. The van der Waals surface area contributed by atoms with Crippen LogP contribution in [0.4, 0.5) is 0 Å². The Bertz CT molecular complexity index is 282. The van der Waals surface area contributed by atoms with Crippen LogP contribution in [-0.4, -0.2) is 54.5 Å². The summed E-state index contributed by atoms with van der Waals surface area (Å²) in [6.45, 7) is 1.19. The van der Waals surface area contributed by atoms with E-state index in [9.17, 15) is 4.79 Å². The number of likely N-dealkylation sites (N-methyl/N-ethyl adjacent to an activating group) is 2. The van der Waals surface area contributed by atoms with E-state index in [-0.39, 0.29) is 11.4 Å². The Balaban J connectivity index is 1.90. The topological polar surface area (TPSA) is 49.6 Å². The highest BCUT2D eigenvalue weighted by Crippen LogP contribution is 2.33. The fourth-order valence-corrected chi connectivity index (χ4v) is 2.92. The van der Waals surface area contributed by atoms with Crippen LogP contribution in [0.1, 0.15) is 38.5 Å². The molecule has 2 aliphatic carbocycles. The number of hydrogen-bond donors (Lipinski definition) is 1. The average molecular weight is 239 g/mol. The van der Waals surface area contributed by atoms with E-state index in [2.05, 4.69) is 11.9 Å². The van der Waals surface area contributed by atoms with Gasteiger partial charge in [-0.3, -0.25) is 9.69 Å². The first-order chi connectivity index (χ1) is 8.09. The molecule has 0 unspecified atom stereocenters. The fourth-order valence-electron chi connectivity index (χ4n) is 2.92. The van der Waals surface area contributed by atoms with Crippen LogP contribution in [0.2, 0.25) is 0 Å². The smallest absolute Gasteiger partial charge is 0.236 e. The molecular formula is C13H25N3O. The highest BCUT2D eigenvalue weighted by Gasteiger charge is 2.38. The van der Waals surface area contributed by atoms with Gasteiger partial charge in [-0.2, -0.15) is 0 Å². The van der Waals surface area contributed by atoms with E-state index >= 15 is 0 Å². The molecule has 0 saturated heterocycles. The number of amides is 1. The third kappa shape index (κ3) is 2.63. The van der Waals surface area contributed by atoms with Crippen LogP contribution < -0.4 is 5.73 Å². The molecule has 2 saturated carbocycles. The van der Waals surface area contributed by atoms with E-state index < -0.39 is 0 Å². The lowest BCUT2D eigenvalue weighted by Crippen LogP contribution is -2.53. The Kier molecular flexibility index (Phi) is 3.73. The summed E-state index contributed by atoms with van der Waals surface area (Å²) in [6, 6.07) is 0.508. The summed E-state index contributed by atoms with van der Waals surface area (Å²) in [5, 5.41) is 0. The standard InChI is InChI=1S/C13H25N3O/c1-15(13(10-14)7-3-4-8-13)9-12(17)16(2)11-5-6-11/h11H,3-10,14H2,1-2H3. The minimum atomic E-state index is 0.0834. The summed E-state index contributed by atoms with van der Waals surface area (Å²) in [6.07, 6.45) is 7.12. The van der Waals surface area contributed by atoms with Crippen molar-refractivity contribution in [2.45, 2.75) is 50.1 Å². The van der Waals surface area contributed by atoms with Crippen LogP contribution in [0.3, 0.4) is 0 Å². The van der Waals surface area contributed by atoms with E-state index in [1.165, 1.54) is 25.7 Å². The minimum Gasteiger partial charge on any atom is -0.342 e. The number of rotatable bonds is 5. The highest BCUT2D eigenvalue weighted by atomic mass is 16.2. The van der Waals surface area contributed by atoms with Crippen LogP contribution >= 0.6 is 0 Å². The number of hydrogen-bond acceptors (Lipinski definition) is 3. The monoisotopic (exact) mass is 239 g/mol. The van der Waals surface area contributed by atoms with Gasteiger partial charge in [0.15, 0.2) is 0 Å². The molecule has 2 rings (SSSR count). The summed E-state index contributed by atoms with van der Waals surface area (Å²) >= 11 is 0. The Labute approximate surface area is 104 Å². The predicted molar refractivity (Wildman–Crippen MR) is 68.7 cm³/mol. The van der Waals surface area contributed by atoms with Crippen LogP contribution in [0.25, 0.3) is 0 Å². The van der Waals surface area contributed by atoms with Crippen molar-refractivity contribution in [2.24, 2.45) is 5.73 Å². The zero-order valence-corrected chi connectivity index (χ0v) is 11.1. The second-order valence-corrected chi connectivity index (χ2v) is 5.73. The maximum absolute atomic E-state index is 12.1. The van der Waals surface area contributed by atoms with E-state index in [0.717, 1.165) is 12.8 Å². The molecule has 0 aliphatic heterocycles. The molecule has 0 spiro atoms. The number of nitrogens with zero attached hydrogens (tertiary/aromatic N) is 2. The van der Waals surface area contributed by atoms with Crippen LogP contribution in [0, 0.1) is 0 Å². The van der Waals surface area contributed by atoms with Gasteiger partial charge in [-0.1, -0.05) is 12.8 Å². The van der Waals surface area contributed by atoms with E-state index in [1.54, 1.807) is 0 Å². The Morgan fingerprint density at radius 1 is 1.29 bits per heavy atom. The molecule has 2 N–H and O–H groups in total. The third-order valence-electron chi connectivity index (χ3n) is 4.58. The van der Waals surface area contributed by atoms with Crippen LogP contribution in [0.5, 0.6) is 0 Å². The highest BCUT2D eigenvalue weighted by molar-refractivity contribution is 5.78. The molecule has 0 radical (unpaired) electrons. The first kappa shape index (κ1) is 12.8. The molecule has 1 amide bonds. The molecule has 4 nitrogen and oxygen atoms in total. The van der Waals surface area contributed by atoms with Crippen LogP contribution in [0.15, 0.2) is 0 Å². The minimum absolute atomic E-state index is 0.0834. The lowest BCUT2D eigenvalue weighted by atomic mass is 9.96. The van der Waals surface area contributed by atoms with Crippen molar-refractivity contribution in [3.05, 3.63) is 0 Å². The molecule has 0 atom stereocenters. The lowest BCUT2D eigenvalue weighted by molar-refractivity contribution is -0.132. The number of carbonyl (C=O) groups excluding carboxylic acids is 1. The van der Waals surface area contributed by atoms with Gasteiger partial charge in [0.25, 0.3) is 0 Å². The molecule has 0 aromatic heterocycles. The van der Waals surface area contributed by atoms with Crippen molar-refractivity contribution < 1.29 is 4.79 Å². The van der Waals surface area contributed by atoms with Gasteiger partial charge in [-0.05, 0) is 32.7 Å². The van der Waals surface area contributed by atoms with Gasteiger partial charge in [-0.25, -0.2) is 0 Å².